The van der Waals surface area contributed by atoms with Crippen molar-refractivity contribution in [3.05, 3.63) is 29.8 Å². The van der Waals surface area contributed by atoms with Crippen molar-refractivity contribution in [2.75, 3.05) is 7.11 Å². The van der Waals surface area contributed by atoms with Crippen LogP contribution in [0, 0.1) is 11.3 Å². The lowest BCUT2D eigenvalue weighted by atomic mass is 9.93. The SMILES string of the molecule is CC[C@](C#N)(O[Si](C)(C)C)c1ccc(OC)cc1. The van der Waals surface area contributed by atoms with Crippen LogP contribution in [0.2, 0.25) is 19.6 Å². The van der Waals surface area contributed by atoms with Crippen LogP contribution in [-0.4, -0.2) is 15.4 Å². The van der Waals surface area contributed by atoms with E-state index in [2.05, 4.69) is 25.7 Å². The molecule has 1 atom stereocenters. The highest BCUT2D eigenvalue weighted by atomic mass is 28.4. The van der Waals surface area contributed by atoms with E-state index in [0.717, 1.165) is 11.3 Å². The standard InChI is InChI=1S/C14H21NO2Si/c1-6-14(11-15,17-18(3,4)5)12-7-9-13(16-2)10-8-12/h7-10H,6H2,1-5H3/t14-/m1/s1. The molecular formula is C14H21NO2Si. The summed E-state index contributed by atoms with van der Waals surface area (Å²) in [6.07, 6.45) is 0.639. The lowest BCUT2D eigenvalue weighted by Crippen LogP contribution is -2.39. The van der Waals surface area contributed by atoms with Crippen molar-refractivity contribution >= 4 is 8.32 Å². The number of ether oxygens (including phenoxy) is 1. The van der Waals surface area contributed by atoms with Crippen molar-refractivity contribution in [2.45, 2.75) is 38.6 Å². The largest absolute Gasteiger partial charge is 0.497 e. The number of rotatable bonds is 5. The normalized spacial score (nSPS) is 14.7. The molecule has 0 aliphatic carbocycles. The van der Waals surface area contributed by atoms with Gasteiger partial charge in [0.25, 0.3) is 0 Å². The number of methoxy groups -OCH3 is 1. The van der Waals surface area contributed by atoms with Crippen LogP contribution in [0.25, 0.3) is 0 Å². The Hall–Kier alpha value is -1.31. The molecule has 0 aliphatic heterocycles. The summed E-state index contributed by atoms with van der Waals surface area (Å²) in [5.41, 5.74) is 0.0623. The van der Waals surface area contributed by atoms with Crippen molar-refractivity contribution in [2.24, 2.45) is 0 Å². The Kier molecular flexibility index (Phi) is 4.55. The van der Waals surface area contributed by atoms with E-state index in [0.29, 0.717) is 6.42 Å². The van der Waals surface area contributed by atoms with Gasteiger partial charge in [0.15, 0.2) is 13.9 Å². The Morgan fingerprint density at radius 3 is 2.11 bits per heavy atom. The first kappa shape index (κ1) is 14.7. The number of nitrogens with zero attached hydrogens (tertiary/aromatic N) is 1. The maximum atomic E-state index is 9.54. The second-order valence-corrected chi connectivity index (χ2v) is 9.66. The lowest BCUT2D eigenvalue weighted by molar-refractivity contribution is 0.114. The van der Waals surface area contributed by atoms with E-state index in [4.69, 9.17) is 9.16 Å². The molecule has 1 aromatic carbocycles. The zero-order valence-corrected chi connectivity index (χ0v) is 12.8. The van der Waals surface area contributed by atoms with Crippen LogP contribution >= 0.6 is 0 Å². The fourth-order valence-corrected chi connectivity index (χ4v) is 3.24. The van der Waals surface area contributed by atoms with Gasteiger partial charge in [-0.2, -0.15) is 5.26 Å². The molecule has 0 amide bonds. The molecule has 3 nitrogen and oxygen atoms in total. The Labute approximate surface area is 110 Å². The molecule has 0 N–H and O–H groups in total. The van der Waals surface area contributed by atoms with Crippen LogP contribution < -0.4 is 4.74 Å². The average molecular weight is 263 g/mol. The predicted octanol–water partition coefficient (Wildman–Crippen LogP) is 3.68. The Morgan fingerprint density at radius 2 is 1.78 bits per heavy atom. The van der Waals surface area contributed by atoms with E-state index in [1.807, 2.05) is 31.2 Å². The number of benzene rings is 1. The molecule has 0 spiro atoms. The van der Waals surface area contributed by atoms with Crippen molar-refractivity contribution < 1.29 is 9.16 Å². The smallest absolute Gasteiger partial charge is 0.186 e. The molecule has 98 valence electrons. The fourth-order valence-electron chi connectivity index (χ4n) is 1.88. The molecule has 18 heavy (non-hydrogen) atoms. The minimum atomic E-state index is -1.79. The summed E-state index contributed by atoms with van der Waals surface area (Å²) < 4.78 is 11.3. The molecule has 4 heteroatoms. The zero-order chi connectivity index (χ0) is 13.8. The summed E-state index contributed by atoms with van der Waals surface area (Å²) in [4.78, 5) is 0. The van der Waals surface area contributed by atoms with E-state index >= 15 is 0 Å². The van der Waals surface area contributed by atoms with Crippen molar-refractivity contribution in [1.29, 1.82) is 5.26 Å². The minimum absolute atomic E-state index is 0.639. The predicted molar refractivity (Wildman–Crippen MR) is 75.0 cm³/mol. The Morgan fingerprint density at radius 1 is 1.22 bits per heavy atom. The van der Waals surface area contributed by atoms with Gasteiger partial charge in [-0.05, 0) is 43.8 Å². The second-order valence-electron chi connectivity index (χ2n) is 5.24. The van der Waals surface area contributed by atoms with Crippen molar-refractivity contribution in [3.63, 3.8) is 0 Å². The molecular weight excluding hydrogens is 242 g/mol. The first-order chi connectivity index (χ1) is 8.37. The summed E-state index contributed by atoms with van der Waals surface area (Å²) in [6, 6.07) is 9.90. The molecule has 0 saturated heterocycles. The van der Waals surface area contributed by atoms with Crippen molar-refractivity contribution in [1.82, 2.24) is 0 Å². The summed E-state index contributed by atoms with van der Waals surface area (Å²) in [6.45, 7) is 8.27. The van der Waals surface area contributed by atoms with E-state index in [-0.39, 0.29) is 0 Å². The van der Waals surface area contributed by atoms with Gasteiger partial charge in [-0.3, -0.25) is 0 Å². The highest BCUT2D eigenvalue weighted by Gasteiger charge is 2.36. The third-order valence-corrected chi connectivity index (χ3v) is 3.68. The second kappa shape index (κ2) is 5.55. The molecule has 0 radical (unpaired) electrons. The van der Waals surface area contributed by atoms with Crippen LogP contribution in [0.5, 0.6) is 5.75 Å². The summed E-state index contributed by atoms with van der Waals surface area (Å²) in [5, 5.41) is 9.54. The van der Waals surface area contributed by atoms with Gasteiger partial charge < -0.3 is 9.16 Å². The highest BCUT2D eigenvalue weighted by Crippen LogP contribution is 2.33. The van der Waals surface area contributed by atoms with E-state index < -0.39 is 13.9 Å². The first-order valence-electron chi connectivity index (χ1n) is 6.13. The average Bonchev–Trinajstić information content (AvgIpc) is 2.35. The van der Waals surface area contributed by atoms with Crippen LogP contribution in [0.4, 0.5) is 0 Å². The van der Waals surface area contributed by atoms with Gasteiger partial charge >= 0.3 is 0 Å². The zero-order valence-electron chi connectivity index (χ0n) is 11.8. The maximum Gasteiger partial charge on any atom is 0.186 e. The summed E-state index contributed by atoms with van der Waals surface area (Å²) in [5.74, 6) is 0.787. The van der Waals surface area contributed by atoms with Gasteiger partial charge in [0.05, 0.1) is 7.11 Å². The minimum Gasteiger partial charge on any atom is -0.497 e. The number of hydrogen-bond acceptors (Lipinski definition) is 3. The number of hydrogen-bond donors (Lipinski definition) is 0. The van der Waals surface area contributed by atoms with E-state index in [1.165, 1.54) is 0 Å². The van der Waals surface area contributed by atoms with Crippen LogP contribution in [0.15, 0.2) is 24.3 Å². The number of nitriles is 1. The van der Waals surface area contributed by atoms with Gasteiger partial charge in [-0.25, -0.2) is 0 Å². The third-order valence-electron chi connectivity index (χ3n) is 2.72. The first-order valence-corrected chi connectivity index (χ1v) is 9.53. The third kappa shape index (κ3) is 3.34. The fraction of sp³-hybridized carbons (Fsp3) is 0.500. The molecule has 0 aromatic heterocycles. The van der Waals surface area contributed by atoms with Gasteiger partial charge in [-0.1, -0.05) is 19.1 Å². The van der Waals surface area contributed by atoms with Crippen LogP contribution in [-0.2, 0) is 10.0 Å². The molecule has 0 aliphatic rings. The highest BCUT2D eigenvalue weighted by molar-refractivity contribution is 6.69. The molecule has 0 unspecified atom stereocenters. The van der Waals surface area contributed by atoms with Crippen LogP contribution in [0.3, 0.4) is 0 Å². The van der Waals surface area contributed by atoms with Gasteiger partial charge in [0.2, 0.25) is 0 Å². The van der Waals surface area contributed by atoms with Crippen molar-refractivity contribution in [3.8, 4) is 11.8 Å². The summed E-state index contributed by atoms with van der Waals surface area (Å²) >= 11 is 0. The van der Waals surface area contributed by atoms with Gasteiger partial charge in [-0.15, -0.1) is 0 Å². The van der Waals surface area contributed by atoms with Gasteiger partial charge in [0.1, 0.15) is 11.8 Å². The van der Waals surface area contributed by atoms with Crippen LogP contribution in [0.1, 0.15) is 18.9 Å². The molecule has 0 bridgehead atoms. The maximum absolute atomic E-state index is 9.54. The quantitative estimate of drug-likeness (QED) is 0.761. The lowest BCUT2D eigenvalue weighted by Gasteiger charge is -2.33. The topological polar surface area (TPSA) is 42.2 Å². The monoisotopic (exact) mass is 263 g/mol. The van der Waals surface area contributed by atoms with E-state index in [1.54, 1.807) is 7.11 Å². The Balaban J connectivity index is 3.14. The van der Waals surface area contributed by atoms with Gasteiger partial charge in [0, 0.05) is 0 Å². The molecule has 1 rings (SSSR count). The molecule has 0 heterocycles. The molecule has 1 aromatic rings. The molecule has 0 saturated carbocycles. The summed E-state index contributed by atoms with van der Waals surface area (Å²) in [7, 11) is -0.163. The molecule has 0 fully saturated rings. The van der Waals surface area contributed by atoms with E-state index in [9.17, 15) is 5.26 Å². The Bertz CT molecular complexity index is 431.